The van der Waals surface area contributed by atoms with Crippen molar-refractivity contribution in [2.75, 3.05) is 6.54 Å². The molecule has 4 rings (SSSR count). The fourth-order valence-electron chi connectivity index (χ4n) is 3.56. The first kappa shape index (κ1) is 22.5. The van der Waals surface area contributed by atoms with Crippen LogP contribution in [0.4, 0.5) is 0 Å². The van der Waals surface area contributed by atoms with E-state index >= 15 is 0 Å². The van der Waals surface area contributed by atoms with E-state index in [0.29, 0.717) is 23.6 Å². The van der Waals surface area contributed by atoms with Crippen molar-refractivity contribution in [1.82, 2.24) is 33.8 Å². The van der Waals surface area contributed by atoms with E-state index in [1.54, 1.807) is 31.3 Å². The molecule has 0 unspecified atom stereocenters. The average Bonchev–Trinajstić information content (AvgIpc) is 3.42. The summed E-state index contributed by atoms with van der Waals surface area (Å²) >= 11 is 6.19. The average molecular weight is 472 g/mol. The van der Waals surface area contributed by atoms with Crippen LogP contribution in [0.3, 0.4) is 0 Å². The van der Waals surface area contributed by atoms with Crippen LogP contribution in [0.15, 0.2) is 44.6 Å². The van der Waals surface area contributed by atoms with Crippen molar-refractivity contribution in [3.8, 4) is 11.5 Å². The van der Waals surface area contributed by atoms with Gasteiger partial charge in [0.1, 0.15) is 6.54 Å². The molecule has 0 aliphatic rings. The molecule has 0 atom stereocenters. The molecule has 1 amide bonds. The van der Waals surface area contributed by atoms with Gasteiger partial charge in [-0.05, 0) is 18.6 Å². The zero-order valence-electron chi connectivity index (χ0n) is 18.4. The molecule has 172 valence electrons. The zero-order valence-corrected chi connectivity index (χ0v) is 19.1. The lowest BCUT2D eigenvalue weighted by atomic mass is 10.2. The highest BCUT2D eigenvalue weighted by Gasteiger charge is 2.22. The third-order valence-corrected chi connectivity index (χ3v) is 5.57. The minimum atomic E-state index is -0.616. The Bertz CT molecular complexity index is 1450. The highest BCUT2D eigenvalue weighted by Crippen LogP contribution is 2.26. The van der Waals surface area contributed by atoms with Crippen molar-refractivity contribution in [1.29, 1.82) is 0 Å². The van der Waals surface area contributed by atoms with Crippen LogP contribution >= 0.6 is 11.6 Å². The summed E-state index contributed by atoms with van der Waals surface area (Å²) in [5.41, 5.74) is -0.0925. The molecule has 0 saturated heterocycles. The number of fused-ring (bicyclic) bond motifs is 1. The number of nitrogens with zero attached hydrogens (tertiary/aromatic N) is 7. The number of aromatic nitrogens is 6. The maximum Gasteiger partial charge on any atom is 0.332 e. The Balaban J connectivity index is 1.61. The van der Waals surface area contributed by atoms with E-state index in [4.69, 9.17) is 16.0 Å². The summed E-state index contributed by atoms with van der Waals surface area (Å²) in [7, 11) is 3.17. The summed E-state index contributed by atoms with van der Waals surface area (Å²) in [4.78, 5) is 44.3. The molecule has 12 heteroatoms. The predicted molar refractivity (Wildman–Crippen MR) is 121 cm³/mol. The Kier molecular flexibility index (Phi) is 6.14. The molecule has 11 nitrogen and oxygen atoms in total. The Morgan fingerprint density at radius 3 is 2.67 bits per heavy atom. The molecule has 0 bridgehead atoms. The van der Waals surface area contributed by atoms with Crippen molar-refractivity contribution in [3.63, 3.8) is 0 Å². The monoisotopic (exact) mass is 471 g/mol. The van der Waals surface area contributed by atoms with E-state index in [0.717, 1.165) is 4.57 Å². The van der Waals surface area contributed by atoms with Crippen LogP contribution in [0, 0.1) is 0 Å². The number of halogens is 1. The number of benzene rings is 1. The van der Waals surface area contributed by atoms with Gasteiger partial charge in [-0.25, -0.2) is 14.3 Å². The fraction of sp³-hybridized carbons (Fsp3) is 0.333. The van der Waals surface area contributed by atoms with E-state index in [1.165, 1.54) is 27.4 Å². The van der Waals surface area contributed by atoms with E-state index in [1.807, 2.05) is 6.92 Å². The molecule has 0 aliphatic heterocycles. The molecule has 0 saturated carbocycles. The summed E-state index contributed by atoms with van der Waals surface area (Å²) in [5.74, 6) is 0.0374. The van der Waals surface area contributed by atoms with Gasteiger partial charge in [-0.2, -0.15) is 0 Å². The SMILES string of the molecule is CCCN(Cc1nnc(-c2ccccc2Cl)o1)C(=O)Cn1c(=O)c2c(ncn2C)n(C)c1=O. The molecule has 3 heterocycles. The molecule has 4 aromatic rings. The molecule has 0 fully saturated rings. The second-order valence-corrected chi connectivity index (χ2v) is 7.96. The van der Waals surface area contributed by atoms with E-state index in [9.17, 15) is 14.4 Å². The van der Waals surface area contributed by atoms with Crippen LogP contribution in [0.2, 0.25) is 5.02 Å². The Morgan fingerprint density at radius 2 is 1.94 bits per heavy atom. The lowest BCUT2D eigenvalue weighted by Crippen LogP contribution is -2.44. The van der Waals surface area contributed by atoms with Gasteiger partial charge in [0.25, 0.3) is 5.56 Å². The van der Waals surface area contributed by atoms with Crippen molar-refractivity contribution < 1.29 is 9.21 Å². The van der Waals surface area contributed by atoms with Crippen molar-refractivity contribution >= 4 is 28.7 Å². The van der Waals surface area contributed by atoms with Gasteiger partial charge in [0, 0.05) is 20.6 Å². The Morgan fingerprint density at radius 1 is 1.18 bits per heavy atom. The summed E-state index contributed by atoms with van der Waals surface area (Å²) < 4.78 is 9.40. The number of imidazole rings is 1. The standard InChI is InChI=1S/C21H22ClN7O4/c1-4-9-28(10-15-24-25-19(33-15)13-7-5-6-8-14(13)22)16(30)11-29-20(31)17-18(23-12-26(17)2)27(3)21(29)32/h5-8,12H,4,9-11H2,1-3H3. The molecule has 0 radical (unpaired) electrons. The van der Waals surface area contributed by atoms with Crippen molar-refractivity contribution in [2.24, 2.45) is 14.1 Å². The topological polar surface area (TPSA) is 121 Å². The van der Waals surface area contributed by atoms with Crippen LogP contribution in [-0.2, 0) is 32.0 Å². The van der Waals surface area contributed by atoms with Gasteiger partial charge in [0.2, 0.25) is 17.7 Å². The fourth-order valence-corrected chi connectivity index (χ4v) is 3.77. The normalized spacial score (nSPS) is 11.3. The lowest BCUT2D eigenvalue weighted by molar-refractivity contribution is -0.133. The third-order valence-electron chi connectivity index (χ3n) is 5.24. The summed E-state index contributed by atoms with van der Waals surface area (Å²) in [6, 6.07) is 7.06. The van der Waals surface area contributed by atoms with Gasteiger partial charge >= 0.3 is 5.69 Å². The molecule has 1 aromatic carbocycles. The molecular weight excluding hydrogens is 450 g/mol. The van der Waals surface area contributed by atoms with E-state index < -0.39 is 23.7 Å². The molecular formula is C21H22ClN7O4. The van der Waals surface area contributed by atoms with Crippen LogP contribution in [-0.4, -0.2) is 46.2 Å². The highest BCUT2D eigenvalue weighted by atomic mass is 35.5. The van der Waals surface area contributed by atoms with Gasteiger partial charge in [0.15, 0.2) is 11.2 Å². The van der Waals surface area contributed by atoms with Gasteiger partial charge in [0.05, 0.1) is 23.5 Å². The quantitative estimate of drug-likeness (QED) is 0.401. The van der Waals surface area contributed by atoms with Crippen molar-refractivity contribution in [3.05, 3.63) is 62.3 Å². The second kappa shape index (κ2) is 9.02. The molecule has 0 N–H and O–H groups in total. The first-order chi connectivity index (χ1) is 15.8. The number of aryl methyl sites for hydroxylation is 2. The number of hydrogen-bond donors (Lipinski definition) is 0. The van der Waals surface area contributed by atoms with Gasteiger partial charge in [-0.1, -0.05) is 30.7 Å². The third kappa shape index (κ3) is 4.19. The molecule has 0 spiro atoms. The highest BCUT2D eigenvalue weighted by molar-refractivity contribution is 6.33. The first-order valence-electron chi connectivity index (χ1n) is 10.3. The number of hydrogen-bond acceptors (Lipinski definition) is 7. The lowest BCUT2D eigenvalue weighted by Gasteiger charge is -2.20. The predicted octanol–water partition coefficient (Wildman–Crippen LogP) is 1.58. The Labute approximate surface area is 192 Å². The van der Waals surface area contributed by atoms with Crippen molar-refractivity contribution in [2.45, 2.75) is 26.4 Å². The largest absolute Gasteiger partial charge is 0.419 e. The molecule has 33 heavy (non-hydrogen) atoms. The van der Waals surface area contributed by atoms with Crippen LogP contribution in [0.25, 0.3) is 22.6 Å². The van der Waals surface area contributed by atoms with E-state index in [-0.39, 0.29) is 29.5 Å². The molecule has 0 aliphatic carbocycles. The smallest absolute Gasteiger partial charge is 0.332 e. The van der Waals surface area contributed by atoms with Crippen LogP contribution in [0.5, 0.6) is 0 Å². The summed E-state index contributed by atoms with van der Waals surface area (Å²) in [6.45, 7) is 1.91. The molecule has 3 aromatic heterocycles. The summed E-state index contributed by atoms with van der Waals surface area (Å²) in [6.07, 6.45) is 2.11. The van der Waals surface area contributed by atoms with Gasteiger partial charge in [-0.15, -0.1) is 10.2 Å². The minimum absolute atomic E-state index is 0.0349. The summed E-state index contributed by atoms with van der Waals surface area (Å²) in [5, 5.41) is 8.52. The number of carbonyl (C=O) groups excluding carboxylic acids is 1. The van der Waals surface area contributed by atoms with Crippen LogP contribution in [0.1, 0.15) is 19.2 Å². The van der Waals surface area contributed by atoms with Gasteiger partial charge < -0.3 is 13.9 Å². The maximum absolute atomic E-state index is 13.1. The number of carbonyl (C=O) groups is 1. The van der Waals surface area contributed by atoms with Crippen LogP contribution < -0.4 is 11.2 Å². The number of rotatable bonds is 7. The zero-order chi connectivity index (χ0) is 23.7. The van der Waals surface area contributed by atoms with Gasteiger partial charge in [-0.3, -0.25) is 14.2 Å². The maximum atomic E-state index is 13.1. The second-order valence-electron chi connectivity index (χ2n) is 7.56. The van der Waals surface area contributed by atoms with E-state index in [2.05, 4.69) is 15.2 Å². The first-order valence-corrected chi connectivity index (χ1v) is 10.7. The minimum Gasteiger partial charge on any atom is -0.419 e. The Hall–Kier alpha value is -3.73. The number of amides is 1.